The molecule has 0 aliphatic carbocycles. The van der Waals surface area contributed by atoms with E-state index in [-0.39, 0.29) is 11.5 Å². The first-order valence-corrected chi connectivity index (χ1v) is 6.90. The van der Waals surface area contributed by atoms with Gasteiger partial charge in [0.25, 0.3) is 5.56 Å². The lowest BCUT2D eigenvalue weighted by molar-refractivity contribution is 0.414. The summed E-state index contributed by atoms with van der Waals surface area (Å²) < 4.78 is 6.66. The minimum absolute atomic E-state index is 0.0326. The fraction of sp³-hybridized carbons (Fsp3) is 0.333. The molecule has 0 saturated heterocycles. The largest absolute Gasteiger partial charge is 0.497 e. The molecule has 110 valence electrons. The minimum atomic E-state index is -0.0326. The fourth-order valence-corrected chi connectivity index (χ4v) is 2.54. The van der Waals surface area contributed by atoms with Crippen LogP contribution in [0.4, 0.5) is 5.95 Å². The van der Waals surface area contributed by atoms with Crippen LogP contribution in [0.25, 0.3) is 0 Å². The Morgan fingerprint density at radius 3 is 2.86 bits per heavy atom. The van der Waals surface area contributed by atoms with Gasteiger partial charge in [-0.2, -0.15) is 0 Å². The van der Waals surface area contributed by atoms with E-state index in [2.05, 4.69) is 10.3 Å². The van der Waals surface area contributed by atoms with E-state index < -0.39 is 0 Å². The molecular weight excluding hydrogens is 268 g/mol. The molecule has 6 heteroatoms. The lowest BCUT2D eigenvalue weighted by atomic mass is 10.1. The van der Waals surface area contributed by atoms with E-state index in [0.717, 1.165) is 29.1 Å². The number of hydrogen-bond donors (Lipinski definition) is 2. The topological polar surface area (TPSA) is 82.2 Å². The molecule has 0 radical (unpaired) electrons. The van der Waals surface area contributed by atoms with Crippen LogP contribution in [0.3, 0.4) is 0 Å². The lowest BCUT2D eigenvalue weighted by Crippen LogP contribution is -2.36. The van der Waals surface area contributed by atoms with Crippen molar-refractivity contribution in [2.24, 2.45) is 0 Å². The highest BCUT2D eigenvalue weighted by atomic mass is 16.5. The molecule has 6 nitrogen and oxygen atoms in total. The Bertz CT molecular complexity index is 707. The maximum Gasteiger partial charge on any atom is 0.258 e. The van der Waals surface area contributed by atoms with Crippen LogP contribution >= 0.6 is 0 Å². The Hall–Kier alpha value is -2.34. The minimum Gasteiger partial charge on any atom is -0.497 e. The maximum atomic E-state index is 12.6. The molecule has 0 amide bonds. The maximum absolute atomic E-state index is 12.6. The van der Waals surface area contributed by atoms with Gasteiger partial charge in [-0.05, 0) is 30.7 Å². The van der Waals surface area contributed by atoms with E-state index in [4.69, 9.17) is 10.5 Å². The Balaban J connectivity index is 1.96. The van der Waals surface area contributed by atoms with Crippen LogP contribution in [0.2, 0.25) is 0 Å². The number of fused-ring (bicyclic) bond motifs is 1. The number of nitrogen functional groups attached to an aromatic ring is 1. The molecule has 1 aromatic carbocycles. The average molecular weight is 286 g/mol. The molecule has 2 heterocycles. The number of hydrogen-bond acceptors (Lipinski definition) is 5. The molecule has 2 aromatic rings. The van der Waals surface area contributed by atoms with Gasteiger partial charge in [0.15, 0.2) is 0 Å². The van der Waals surface area contributed by atoms with E-state index in [1.807, 2.05) is 24.3 Å². The summed E-state index contributed by atoms with van der Waals surface area (Å²) in [5.41, 5.74) is 8.45. The van der Waals surface area contributed by atoms with Gasteiger partial charge in [0, 0.05) is 12.1 Å². The number of methoxy groups -OCH3 is 1. The first kappa shape index (κ1) is 13.6. The van der Waals surface area contributed by atoms with Gasteiger partial charge in [-0.15, -0.1) is 0 Å². The molecule has 1 aliphatic rings. The van der Waals surface area contributed by atoms with Crippen molar-refractivity contribution in [3.8, 4) is 5.75 Å². The summed E-state index contributed by atoms with van der Waals surface area (Å²) in [5.74, 6) is 1.05. The highest BCUT2D eigenvalue weighted by Gasteiger charge is 2.17. The smallest absolute Gasteiger partial charge is 0.258 e. The number of aromatic nitrogens is 2. The molecule has 0 fully saturated rings. The van der Waals surface area contributed by atoms with Crippen molar-refractivity contribution < 1.29 is 4.74 Å². The second-order valence-corrected chi connectivity index (χ2v) is 5.06. The zero-order valence-corrected chi connectivity index (χ0v) is 11.9. The summed E-state index contributed by atoms with van der Waals surface area (Å²) in [6.07, 6.45) is 0.698. The fourth-order valence-electron chi connectivity index (χ4n) is 2.54. The van der Waals surface area contributed by atoms with Gasteiger partial charge in [0.05, 0.1) is 19.3 Å². The van der Waals surface area contributed by atoms with E-state index in [1.165, 1.54) is 4.57 Å². The third-order valence-electron chi connectivity index (χ3n) is 3.72. The summed E-state index contributed by atoms with van der Waals surface area (Å²) in [6, 6.07) is 7.58. The molecular formula is C15H18N4O2. The van der Waals surface area contributed by atoms with Crippen LogP contribution in [-0.4, -0.2) is 23.2 Å². The average Bonchev–Trinajstić information content (AvgIpc) is 2.52. The van der Waals surface area contributed by atoms with E-state index in [0.29, 0.717) is 19.5 Å². The van der Waals surface area contributed by atoms with Crippen LogP contribution in [-0.2, 0) is 19.5 Å². The first-order chi connectivity index (χ1) is 10.2. The normalized spacial score (nSPS) is 13.8. The number of rotatable bonds is 3. The standard InChI is InChI=1S/C15H18N4O2/c1-21-11-4-2-10(3-5-11)9-19-14(20)12-6-7-17-8-13(12)18-15(19)16/h2-5,17H,6-9H2,1H3,(H2,16,18). The van der Waals surface area contributed by atoms with Crippen LogP contribution in [0.15, 0.2) is 29.1 Å². The number of benzene rings is 1. The lowest BCUT2D eigenvalue weighted by Gasteiger charge is -2.18. The molecule has 0 saturated carbocycles. The molecule has 0 bridgehead atoms. The Morgan fingerprint density at radius 2 is 2.14 bits per heavy atom. The van der Waals surface area contributed by atoms with Gasteiger partial charge >= 0.3 is 0 Å². The van der Waals surface area contributed by atoms with E-state index >= 15 is 0 Å². The predicted octanol–water partition coefficient (Wildman–Crippen LogP) is 0.528. The van der Waals surface area contributed by atoms with Crippen LogP contribution in [0, 0.1) is 0 Å². The number of nitrogens with two attached hydrogens (primary N) is 1. The monoisotopic (exact) mass is 286 g/mol. The highest BCUT2D eigenvalue weighted by molar-refractivity contribution is 5.32. The molecule has 3 N–H and O–H groups in total. The second-order valence-electron chi connectivity index (χ2n) is 5.06. The van der Waals surface area contributed by atoms with Crippen molar-refractivity contribution >= 4 is 5.95 Å². The van der Waals surface area contributed by atoms with Crippen molar-refractivity contribution in [1.82, 2.24) is 14.9 Å². The quantitative estimate of drug-likeness (QED) is 0.860. The summed E-state index contributed by atoms with van der Waals surface area (Å²) in [4.78, 5) is 16.9. The number of ether oxygens (including phenoxy) is 1. The first-order valence-electron chi connectivity index (χ1n) is 6.90. The molecule has 0 spiro atoms. The van der Waals surface area contributed by atoms with Gasteiger partial charge in [-0.1, -0.05) is 12.1 Å². The summed E-state index contributed by atoms with van der Waals surface area (Å²) in [6.45, 7) is 1.83. The SMILES string of the molecule is COc1ccc(Cn2c(N)nc3c(c2=O)CCNC3)cc1. The van der Waals surface area contributed by atoms with Crippen molar-refractivity contribution in [3.63, 3.8) is 0 Å². The molecule has 0 atom stereocenters. The zero-order valence-electron chi connectivity index (χ0n) is 11.9. The summed E-state index contributed by atoms with van der Waals surface area (Å²) >= 11 is 0. The van der Waals surface area contributed by atoms with Crippen molar-refractivity contribution in [2.45, 2.75) is 19.5 Å². The molecule has 1 aliphatic heterocycles. The Morgan fingerprint density at radius 1 is 1.38 bits per heavy atom. The van der Waals surface area contributed by atoms with E-state index in [9.17, 15) is 4.79 Å². The van der Waals surface area contributed by atoms with Gasteiger partial charge in [0.1, 0.15) is 5.75 Å². The van der Waals surface area contributed by atoms with Crippen LogP contribution < -0.4 is 21.3 Å². The third kappa shape index (κ3) is 2.62. The van der Waals surface area contributed by atoms with Crippen molar-refractivity contribution in [3.05, 3.63) is 51.4 Å². The summed E-state index contributed by atoms with van der Waals surface area (Å²) in [7, 11) is 1.62. The van der Waals surface area contributed by atoms with Gasteiger partial charge < -0.3 is 15.8 Å². The van der Waals surface area contributed by atoms with Gasteiger partial charge in [-0.3, -0.25) is 9.36 Å². The third-order valence-corrected chi connectivity index (χ3v) is 3.72. The van der Waals surface area contributed by atoms with Crippen LogP contribution in [0.1, 0.15) is 16.8 Å². The number of nitrogens with zero attached hydrogens (tertiary/aromatic N) is 2. The molecule has 1 aromatic heterocycles. The predicted molar refractivity (Wildman–Crippen MR) is 80.4 cm³/mol. The number of nitrogens with one attached hydrogen (secondary N) is 1. The molecule has 0 unspecified atom stereocenters. The Kier molecular flexibility index (Phi) is 3.62. The van der Waals surface area contributed by atoms with Crippen molar-refractivity contribution in [2.75, 3.05) is 19.4 Å². The zero-order chi connectivity index (χ0) is 14.8. The van der Waals surface area contributed by atoms with Crippen molar-refractivity contribution in [1.29, 1.82) is 0 Å². The highest BCUT2D eigenvalue weighted by Crippen LogP contribution is 2.14. The molecule has 21 heavy (non-hydrogen) atoms. The second kappa shape index (κ2) is 5.57. The van der Waals surface area contributed by atoms with Gasteiger partial charge in [-0.25, -0.2) is 4.98 Å². The number of anilines is 1. The van der Waals surface area contributed by atoms with Crippen LogP contribution in [0.5, 0.6) is 5.75 Å². The summed E-state index contributed by atoms with van der Waals surface area (Å²) in [5, 5.41) is 3.20. The van der Waals surface area contributed by atoms with Gasteiger partial charge in [0.2, 0.25) is 5.95 Å². The van der Waals surface area contributed by atoms with E-state index in [1.54, 1.807) is 7.11 Å². The molecule has 3 rings (SSSR count). The Labute approximate surface area is 122 Å².